The Morgan fingerprint density at radius 1 is 1.29 bits per heavy atom. The van der Waals surface area contributed by atoms with E-state index in [0.717, 1.165) is 33.5 Å². The number of alkyl halides is 1. The first-order valence-corrected chi connectivity index (χ1v) is 9.68. The average Bonchev–Trinajstić information content (AvgIpc) is 2.69. The minimum Gasteiger partial charge on any atom is -0.469 e. The van der Waals surface area contributed by atoms with Gasteiger partial charge in [0.15, 0.2) is 0 Å². The lowest BCUT2D eigenvalue weighted by molar-refractivity contribution is -0.151. The van der Waals surface area contributed by atoms with Crippen molar-refractivity contribution in [2.75, 3.05) is 19.5 Å². The Labute approximate surface area is 172 Å². The summed E-state index contributed by atoms with van der Waals surface area (Å²) in [6.07, 6.45) is 0. The van der Waals surface area contributed by atoms with Gasteiger partial charge in [-0.15, -0.1) is 11.6 Å². The summed E-state index contributed by atoms with van der Waals surface area (Å²) >= 11 is 6.14. The Bertz CT molecular complexity index is 894. The molecule has 2 aromatic carbocycles. The van der Waals surface area contributed by atoms with E-state index in [1.807, 2.05) is 52.0 Å². The number of hydrogen-bond acceptors (Lipinski definition) is 5. The smallest absolute Gasteiger partial charge is 0.312 e. The van der Waals surface area contributed by atoms with Crippen LogP contribution in [0, 0.1) is 24.8 Å². The first-order valence-electron chi connectivity index (χ1n) is 9.15. The molecule has 0 aromatic heterocycles. The zero-order chi connectivity index (χ0) is 21.1. The highest BCUT2D eigenvalue weighted by molar-refractivity contribution is 6.17. The average molecular weight is 402 g/mol. The molecule has 0 amide bonds. The second kappa shape index (κ2) is 8.74. The molecule has 0 saturated heterocycles. The van der Waals surface area contributed by atoms with Crippen LogP contribution in [-0.2, 0) is 15.4 Å². The molecule has 0 aliphatic carbocycles. The second-order valence-corrected chi connectivity index (χ2v) is 7.77. The van der Waals surface area contributed by atoms with Gasteiger partial charge in [-0.2, -0.15) is 5.11 Å². The molecule has 1 atom stereocenters. The number of anilines is 1. The van der Waals surface area contributed by atoms with E-state index >= 15 is 0 Å². The number of halogens is 1. The van der Waals surface area contributed by atoms with Gasteiger partial charge in [0.2, 0.25) is 0 Å². The van der Waals surface area contributed by atoms with Crippen molar-refractivity contribution in [3.05, 3.63) is 58.1 Å². The maximum atomic E-state index is 12.7. The zero-order valence-electron chi connectivity index (χ0n) is 17.3. The third-order valence-electron chi connectivity index (χ3n) is 5.45. The van der Waals surface area contributed by atoms with Gasteiger partial charge in [0.05, 0.1) is 18.2 Å². The van der Waals surface area contributed by atoms with Gasteiger partial charge < -0.3 is 10.1 Å². The Balaban J connectivity index is 2.81. The predicted molar refractivity (Wildman–Crippen MR) is 114 cm³/mol. The molecule has 28 heavy (non-hydrogen) atoms. The molecule has 6 heteroatoms. The van der Waals surface area contributed by atoms with E-state index in [0.29, 0.717) is 11.6 Å². The number of benzene rings is 2. The van der Waals surface area contributed by atoms with Crippen LogP contribution in [-0.4, -0.2) is 20.1 Å². The number of hydrogen-bond donors (Lipinski definition) is 2. The van der Waals surface area contributed by atoms with Crippen LogP contribution < -0.4 is 5.32 Å². The van der Waals surface area contributed by atoms with Crippen molar-refractivity contribution in [1.29, 1.82) is 5.53 Å². The molecule has 0 fully saturated rings. The van der Waals surface area contributed by atoms with Crippen molar-refractivity contribution >= 4 is 28.9 Å². The maximum Gasteiger partial charge on any atom is 0.312 e. The molecule has 1 unspecified atom stereocenters. The first kappa shape index (κ1) is 21.9. The summed E-state index contributed by atoms with van der Waals surface area (Å²) in [5.41, 5.74) is 13.0. The number of esters is 1. The van der Waals surface area contributed by atoms with E-state index in [4.69, 9.17) is 21.9 Å². The Morgan fingerprint density at radius 3 is 2.50 bits per heavy atom. The molecular formula is C22H28ClN3O2. The van der Waals surface area contributed by atoms with Gasteiger partial charge in [-0.05, 0) is 61.6 Å². The van der Waals surface area contributed by atoms with Crippen molar-refractivity contribution in [3.63, 3.8) is 0 Å². The summed E-state index contributed by atoms with van der Waals surface area (Å²) in [5, 5.41) is 6.79. The van der Waals surface area contributed by atoms with E-state index in [1.165, 1.54) is 7.11 Å². The number of rotatable bonds is 7. The van der Waals surface area contributed by atoms with Crippen LogP contribution in [0.3, 0.4) is 0 Å². The molecule has 0 aliphatic rings. The quantitative estimate of drug-likeness (QED) is 0.335. The van der Waals surface area contributed by atoms with Gasteiger partial charge in [-0.25, -0.2) is 5.53 Å². The standard InChI is InChI=1S/C22H28ClN3O2/c1-13-7-8-15(11-16(13)12-23)19(22(3,4)21(27)28-6)17-9-10-18(25-5)20(26-24)14(17)2/h7-11,19,24-25H,12H2,1-6H3. The highest BCUT2D eigenvalue weighted by atomic mass is 35.5. The number of carbonyl (C=O) groups is 1. The highest BCUT2D eigenvalue weighted by Crippen LogP contribution is 2.46. The number of aryl methyl sites for hydroxylation is 1. The predicted octanol–water partition coefficient (Wildman–Crippen LogP) is 6.08. The van der Waals surface area contributed by atoms with Gasteiger partial charge in [0.25, 0.3) is 0 Å². The van der Waals surface area contributed by atoms with Crippen molar-refractivity contribution < 1.29 is 9.53 Å². The van der Waals surface area contributed by atoms with Crippen molar-refractivity contribution in [1.82, 2.24) is 0 Å². The van der Waals surface area contributed by atoms with Crippen LogP contribution in [0.15, 0.2) is 35.4 Å². The minimum atomic E-state index is -0.835. The summed E-state index contributed by atoms with van der Waals surface area (Å²) < 4.78 is 5.12. The van der Waals surface area contributed by atoms with Crippen LogP contribution in [0.2, 0.25) is 0 Å². The van der Waals surface area contributed by atoms with Crippen LogP contribution in [0.25, 0.3) is 0 Å². The lowest BCUT2D eigenvalue weighted by Gasteiger charge is -2.34. The molecule has 0 saturated carbocycles. The second-order valence-electron chi connectivity index (χ2n) is 7.50. The number of carbonyl (C=O) groups excluding carboxylic acids is 1. The van der Waals surface area contributed by atoms with Gasteiger partial charge in [-0.1, -0.05) is 24.3 Å². The first-order chi connectivity index (χ1) is 13.2. The largest absolute Gasteiger partial charge is 0.469 e. The highest BCUT2D eigenvalue weighted by Gasteiger charge is 2.41. The number of methoxy groups -OCH3 is 1. The summed E-state index contributed by atoms with van der Waals surface area (Å²) in [5.74, 6) is -0.184. The van der Waals surface area contributed by atoms with Gasteiger partial charge in [-0.3, -0.25) is 4.79 Å². The van der Waals surface area contributed by atoms with Gasteiger partial charge >= 0.3 is 5.97 Å². The van der Waals surface area contributed by atoms with Crippen molar-refractivity contribution in [3.8, 4) is 0 Å². The van der Waals surface area contributed by atoms with E-state index in [1.54, 1.807) is 7.05 Å². The molecule has 150 valence electrons. The van der Waals surface area contributed by atoms with Gasteiger partial charge in [0.1, 0.15) is 5.69 Å². The Hall–Kier alpha value is -2.40. The van der Waals surface area contributed by atoms with E-state index in [-0.39, 0.29) is 11.9 Å². The number of nitrogens with one attached hydrogen (secondary N) is 2. The topological polar surface area (TPSA) is 74.5 Å². The van der Waals surface area contributed by atoms with E-state index in [2.05, 4.69) is 16.5 Å². The molecule has 5 nitrogen and oxygen atoms in total. The fourth-order valence-corrected chi connectivity index (χ4v) is 4.04. The monoisotopic (exact) mass is 401 g/mol. The maximum absolute atomic E-state index is 12.7. The van der Waals surface area contributed by atoms with Gasteiger partial charge in [0, 0.05) is 18.8 Å². The van der Waals surface area contributed by atoms with Crippen LogP contribution in [0.4, 0.5) is 11.4 Å². The Kier molecular flexibility index (Phi) is 6.83. The van der Waals surface area contributed by atoms with Crippen molar-refractivity contribution in [2.24, 2.45) is 10.5 Å². The van der Waals surface area contributed by atoms with Crippen LogP contribution >= 0.6 is 11.6 Å². The summed E-state index contributed by atoms with van der Waals surface area (Å²) in [7, 11) is 3.20. The fourth-order valence-electron chi connectivity index (χ4n) is 3.76. The number of nitrogens with zero attached hydrogens (tertiary/aromatic N) is 1. The normalized spacial score (nSPS) is 12.4. The van der Waals surface area contributed by atoms with Crippen LogP contribution in [0.5, 0.6) is 0 Å². The Morgan fingerprint density at radius 2 is 1.96 bits per heavy atom. The van der Waals surface area contributed by atoms with E-state index in [9.17, 15) is 4.79 Å². The molecule has 2 N–H and O–H groups in total. The van der Waals surface area contributed by atoms with Crippen molar-refractivity contribution in [2.45, 2.75) is 39.5 Å². The summed E-state index contributed by atoms with van der Waals surface area (Å²) in [6, 6.07) is 10.0. The summed E-state index contributed by atoms with van der Waals surface area (Å²) in [6.45, 7) is 7.71. The zero-order valence-corrected chi connectivity index (χ0v) is 18.1. The molecule has 0 radical (unpaired) electrons. The third-order valence-corrected chi connectivity index (χ3v) is 5.74. The fraction of sp³-hybridized carbons (Fsp3) is 0.409. The minimum absolute atomic E-state index is 0.283. The molecule has 2 rings (SSSR count). The SMILES string of the molecule is CNc1ccc(C(c2ccc(C)c(CCl)c2)C(C)(C)C(=O)OC)c(C)c1N=N. The molecule has 0 bridgehead atoms. The lowest BCUT2D eigenvalue weighted by Crippen LogP contribution is -2.34. The molecule has 0 spiro atoms. The number of ether oxygens (including phenoxy) is 1. The third kappa shape index (κ3) is 3.90. The molecular weight excluding hydrogens is 374 g/mol. The summed E-state index contributed by atoms with van der Waals surface area (Å²) in [4.78, 5) is 12.7. The molecule has 0 aliphatic heterocycles. The van der Waals surface area contributed by atoms with Crippen LogP contribution in [0.1, 0.15) is 47.6 Å². The molecule has 2 aromatic rings. The molecule has 0 heterocycles. The van der Waals surface area contributed by atoms with E-state index < -0.39 is 5.41 Å². The lowest BCUT2D eigenvalue weighted by atomic mass is 9.69.